The fourth-order valence-electron chi connectivity index (χ4n) is 2.96. The van der Waals surface area contributed by atoms with Crippen molar-refractivity contribution in [3.63, 3.8) is 0 Å². The molecule has 1 unspecified atom stereocenters. The molecule has 1 N–H and O–H groups in total. The van der Waals surface area contributed by atoms with Crippen LogP contribution < -0.4 is 5.32 Å². The molecule has 20 heavy (non-hydrogen) atoms. The van der Waals surface area contributed by atoms with E-state index in [1.54, 1.807) is 12.1 Å². The minimum atomic E-state index is -0.363. The predicted molar refractivity (Wildman–Crippen MR) is 83.9 cm³/mol. The van der Waals surface area contributed by atoms with Crippen molar-refractivity contribution >= 4 is 17.3 Å². The molecule has 1 aromatic carbocycles. The van der Waals surface area contributed by atoms with Gasteiger partial charge < -0.3 is 10.2 Å². The van der Waals surface area contributed by atoms with E-state index in [1.807, 2.05) is 0 Å². The van der Waals surface area contributed by atoms with Crippen LogP contribution in [0.15, 0.2) is 18.2 Å². The molecular formula is C16H24ClFN2. The Morgan fingerprint density at radius 2 is 2.10 bits per heavy atom. The lowest BCUT2D eigenvalue weighted by molar-refractivity contribution is 0.176. The lowest BCUT2D eigenvalue weighted by atomic mass is 9.90. The molecule has 0 bridgehead atoms. The first-order chi connectivity index (χ1) is 9.60. The maximum Gasteiger partial charge on any atom is 0.141 e. The SMILES string of the molecule is CCCN1CCC(C(C)Nc2ccc(F)c(Cl)c2)CC1. The van der Waals surface area contributed by atoms with Crippen LogP contribution in [-0.2, 0) is 0 Å². The smallest absolute Gasteiger partial charge is 0.141 e. The number of likely N-dealkylation sites (tertiary alicyclic amines) is 1. The fourth-order valence-corrected chi connectivity index (χ4v) is 3.14. The molecule has 1 saturated heterocycles. The number of hydrogen-bond acceptors (Lipinski definition) is 2. The van der Waals surface area contributed by atoms with Crippen molar-refractivity contribution in [3.05, 3.63) is 29.0 Å². The lowest BCUT2D eigenvalue weighted by Gasteiger charge is -2.35. The topological polar surface area (TPSA) is 15.3 Å². The average Bonchev–Trinajstić information content (AvgIpc) is 2.44. The minimum Gasteiger partial charge on any atom is -0.382 e. The Kier molecular flexibility index (Phi) is 5.67. The number of hydrogen-bond donors (Lipinski definition) is 1. The molecule has 0 radical (unpaired) electrons. The highest BCUT2D eigenvalue weighted by Crippen LogP contribution is 2.25. The lowest BCUT2D eigenvalue weighted by Crippen LogP contribution is -2.39. The van der Waals surface area contributed by atoms with Crippen LogP contribution in [0.25, 0.3) is 0 Å². The number of piperidine rings is 1. The summed E-state index contributed by atoms with van der Waals surface area (Å²) in [6.07, 6.45) is 3.68. The van der Waals surface area contributed by atoms with Gasteiger partial charge >= 0.3 is 0 Å². The monoisotopic (exact) mass is 298 g/mol. The third kappa shape index (κ3) is 4.10. The molecule has 2 rings (SSSR count). The number of nitrogens with one attached hydrogen (secondary N) is 1. The largest absolute Gasteiger partial charge is 0.382 e. The van der Waals surface area contributed by atoms with Gasteiger partial charge in [0.2, 0.25) is 0 Å². The fraction of sp³-hybridized carbons (Fsp3) is 0.625. The van der Waals surface area contributed by atoms with Gasteiger partial charge in [0.15, 0.2) is 0 Å². The van der Waals surface area contributed by atoms with E-state index in [0.29, 0.717) is 12.0 Å². The molecule has 1 aromatic rings. The molecule has 0 aliphatic carbocycles. The first kappa shape index (κ1) is 15.6. The van der Waals surface area contributed by atoms with Gasteiger partial charge in [-0.3, -0.25) is 0 Å². The van der Waals surface area contributed by atoms with E-state index in [-0.39, 0.29) is 10.8 Å². The zero-order valence-corrected chi connectivity index (χ0v) is 13.1. The van der Waals surface area contributed by atoms with E-state index in [9.17, 15) is 4.39 Å². The second kappa shape index (κ2) is 7.28. The number of rotatable bonds is 5. The summed E-state index contributed by atoms with van der Waals surface area (Å²) < 4.78 is 13.1. The van der Waals surface area contributed by atoms with Crippen molar-refractivity contribution in [2.24, 2.45) is 5.92 Å². The highest BCUT2D eigenvalue weighted by atomic mass is 35.5. The van der Waals surface area contributed by atoms with Crippen LogP contribution in [-0.4, -0.2) is 30.6 Å². The first-order valence-electron chi connectivity index (χ1n) is 7.54. The molecule has 1 heterocycles. The normalized spacial score (nSPS) is 19.0. The summed E-state index contributed by atoms with van der Waals surface area (Å²) >= 11 is 5.82. The van der Waals surface area contributed by atoms with Gasteiger partial charge in [-0.05, 0) is 69.9 Å². The zero-order valence-electron chi connectivity index (χ0n) is 12.3. The van der Waals surface area contributed by atoms with Gasteiger partial charge in [0.1, 0.15) is 5.82 Å². The van der Waals surface area contributed by atoms with Crippen molar-refractivity contribution < 1.29 is 4.39 Å². The average molecular weight is 299 g/mol. The summed E-state index contributed by atoms with van der Waals surface area (Å²) in [4.78, 5) is 2.54. The molecule has 1 aliphatic rings. The Labute approximate surface area is 126 Å². The number of benzene rings is 1. The zero-order chi connectivity index (χ0) is 14.5. The van der Waals surface area contributed by atoms with Gasteiger partial charge in [0, 0.05) is 11.7 Å². The minimum absolute atomic E-state index is 0.181. The van der Waals surface area contributed by atoms with Crippen LogP contribution in [0.5, 0.6) is 0 Å². The highest BCUT2D eigenvalue weighted by Gasteiger charge is 2.23. The Morgan fingerprint density at radius 1 is 1.40 bits per heavy atom. The molecule has 112 valence electrons. The molecule has 0 amide bonds. The summed E-state index contributed by atoms with van der Waals surface area (Å²) in [7, 11) is 0. The third-order valence-electron chi connectivity index (χ3n) is 4.19. The predicted octanol–water partition coefficient (Wildman–Crippen LogP) is 4.40. The van der Waals surface area contributed by atoms with E-state index in [1.165, 1.54) is 45.0 Å². The third-order valence-corrected chi connectivity index (χ3v) is 4.48. The van der Waals surface area contributed by atoms with Crippen LogP contribution in [0.2, 0.25) is 5.02 Å². The van der Waals surface area contributed by atoms with Gasteiger partial charge in [-0.2, -0.15) is 0 Å². The van der Waals surface area contributed by atoms with E-state index in [2.05, 4.69) is 24.1 Å². The number of nitrogens with zero attached hydrogens (tertiary/aromatic N) is 1. The van der Waals surface area contributed by atoms with Gasteiger partial charge in [-0.1, -0.05) is 18.5 Å². The second-order valence-electron chi connectivity index (χ2n) is 5.74. The summed E-state index contributed by atoms with van der Waals surface area (Å²) in [6, 6.07) is 5.23. The second-order valence-corrected chi connectivity index (χ2v) is 6.15. The summed E-state index contributed by atoms with van der Waals surface area (Å²) in [5, 5.41) is 3.64. The molecule has 0 spiro atoms. The quantitative estimate of drug-likeness (QED) is 0.866. The Balaban J connectivity index is 1.86. The van der Waals surface area contributed by atoms with Gasteiger partial charge in [-0.15, -0.1) is 0 Å². The van der Waals surface area contributed by atoms with Gasteiger partial charge in [0.05, 0.1) is 5.02 Å². The Hall–Kier alpha value is -0.800. The van der Waals surface area contributed by atoms with E-state index in [4.69, 9.17) is 11.6 Å². The highest BCUT2D eigenvalue weighted by molar-refractivity contribution is 6.31. The Bertz CT molecular complexity index is 430. The standard InChI is InChI=1S/C16H24ClFN2/c1-3-8-20-9-6-13(7-10-20)12(2)19-14-4-5-16(18)15(17)11-14/h4-5,11-13,19H,3,6-10H2,1-2H3. The van der Waals surface area contributed by atoms with Gasteiger partial charge in [0.25, 0.3) is 0 Å². The van der Waals surface area contributed by atoms with E-state index < -0.39 is 0 Å². The first-order valence-corrected chi connectivity index (χ1v) is 7.92. The van der Waals surface area contributed by atoms with Crippen molar-refractivity contribution in [1.82, 2.24) is 4.90 Å². The molecule has 0 aromatic heterocycles. The van der Waals surface area contributed by atoms with Crippen LogP contribution in [0.4, 0.5) is 10.1 Å². The van der Waals surface area contributed by atoms with Crippen LogP contribution >= 0.6 is 11.6 Å². The molecule has 1 fully saturated rings. The van der Waals surface area contributed by atoms with E-state index >= 15 is 0 Å². The van der Waals surface area contributed by atoms with Crippen molar-refractivity contribution in [2.45, 2.75) is 39.2 Å². The van der Waals surface area contributed by atoms with Crippen LogP contribution in [0.1, 0.15) is 33.1 Å². The van der Waals surface area contributed by atoms with Crippen molar-refractivity contribution in [1.29, 1.82) is 0 Å². The Morgan fingerprint density at radius 3 is 2.70 bits per heavy atom. The number of halogens is 2. The summed E-state index contributed by atoms with van der Waals surface area (Å²) in [5.74, 6) is 0.310. The van der Waals surface area contributed by atoms with Crippen molar-refractivity contribution in [3.8, 4) is 0 Å². The molecular weight excluding hydrogens is 275 g/mol. The summed E-state index contributed by atoms with van der Waals surface area (Å²) in [6.45, 7) is 8.03. The van der Waals surface area contributed by atoms with Crippen LogP contribution in [0, 0.1) is 11.7 Å². The maximum atomic E-state index is 13.1. The molecule has 2 nitrogen and oxygen atoms in total. The maximum absolute atomic E-state index is 13.1. The molecule has 4 heteroatoms. The summed E-state index contributed by atoms with van der Waals surface area (Å²) in [5.41, 5.74) is 0.903. The van der Waals surface area contributed by atoms with E-state index in [0.717, 1.165) is 5.69 Å². The molecule has 0 saturated carbocycles. The van der Waals surface area contributed by atoms with Crippen molar-refractivity contribution in [2.75, 3.05) is 25.0 Å². The molecule has 1 aliphatic heterocycles. The van der Waals surface area contributed by atoms with Gasteiger partial charge in [-0.25, -0.2) is 4.39 Å². The molecule has 1 atom stereocenters. The number of anilines is 1. The van der Waals surface area contributed by atoms with Crippen LogP contribution in [0.3, 0.4) is 0 Å².